The van der Waals surface area contributed by atoms with Gasteiger partial charge in [-0.15, -0.1) is 0 Å². The van der Waals surface area contributed by atoms with Gasteiger partial charge in [-0.05, 0) is 33.6 Å². The van der Waals surface area contributed by atoms with Crippen molar-refractivity contribution in [1.82, 2.24) is 0 Å². The summed E-state index contributed by atoms with van der Waals surface area (Å²) in [6.45, 7) is 3.42. The van der Waals surface area contributed by atoms with Crippen molar-refractivity contribution in [3.8, 4) is 6.07 Å². The standard InChI is InChI=1S/C12H13BrN2O/c13-11-9-10(3-4-14)1-2-12(11)15-5-7-16-8-6-15/h1-2,9H,3,5-8H2. The molecule has 0 spiro atoms. The van der Waals surface area contributed by atoms with E-state index in [1.165, 1.54) is 5.69 Å². The minimum absolute atomic E-state index is 0.460. The molecule has 0 aliphatic carbocycles. The quantitative estimate of drug-likeness (QED) is 0.835. The van der Waals surface area contributed by atoms with E-state index in [4.69, 9.17) is 10.00 Å². The first-order valence-electron chi connectivity index (χ1n) is 5.29. The van der Waals surface area contributed by atoms with Crippen molar-refractivity contribution in [1.29, 1.82) is 5.26 Å². The zero-order valence-electron chi connectivity index (χ0n) is 8.95. The number of halogens is 1. The lowest BCUT2D eigenvalue weighted by molar-refractivity contribution is 0.122. The summed E-state index contributed by atoms with van der Waals surface area (Å²) in [6.07, 6.45) is 0.460. The number of nitrogens with zero attached hydrogens (tertiary/aromatic N) is 2. The van der Waals surface area contributed by atoms with Crippen molar-refractivity contribution in [3.05, 3.63) is 28.2 Å². The Hall–Kier alpha value is -1.05. The molecule has 0 N–H and O–H groups in total. The third-order valence-corrected chi connectivity index (χ3v) is 3.28. The summed E-state index contributed by atoms with van der Waals surface area (Å²) in [6, 6.07) is 8.26. The van der Waals surface area contributed by atoms with E-state index < -0.39 is 0 Å². The average molecular weight is 281 g/mol. The Morgan fingerprint density at radius 2 is 2.12 bits per heavy atom. The molecule has 0 atom stereocenters. The van der Waals surface area contributed by atoms with Gasteiger partial charge in [-0.2, -0.15) is 5.26 Å². The fourth-order valence-corrected chi connectivity index (χ4v) is 2.49. The van der Waals surface area contributed by atoms with Crippen molar-refractivity contribution in [2.45, 2.75) is 6.42 Å². The van der Waals surface area contributed by atoms with Crippen LogP contribution in [0.15, 0.2) is 22.7 Å². The molecule has 1 aliphatic heterocycles. The zero-order valence-corrected chi connectivity index (χ0v) is 10.5. The van der Waals surface area contributed by atoms with Crippen LogP contribution < -0.4 is 4.90 Å². The Bertz CT molecular complexity index is 408. The van der Waals surface area contributed by atoms with Crippen LogP contribution in [0.3, 0.4) is 0 Å². The van der Waals surface area contributed by atoms with Crippen LogP contribution in [0.5, 0.6) is 0 Å². The first-order chi connectivity index (χ1) is 7.81. The maximum absolute atomic E-state index is 8.64. The SMILES string of the molecule is N#CCc1ccc(N2CCOCC2)c(Br)c1. The van der Waals surface area contributed by atoms with E-state index in [0.29, 0.717) is 6.42 Å². The van der Waals surface area contributed by atoms with Gasteiger partial charge < -0.3 is 9.64 Å². The number of nitriles is 1. The molecular formula is C12H13BrN2O. The summed E-state index contributed by atoms with van der Waals surface area (Å²) in [5, 5.41) is 8.64. The van der Waals surface area contributed by atoms with Crippen molar-refractivity contribution in [2.24, 2.45) is 0 Å². The van der Waals surface area contributed by atoms with Gasteiger partial charge in [-0.25, -0.2) is 0 Å². The third kappa shape index (κ3) is 2.55. The predicted molar refractivity (Wildman–Crippen MR) is 66.5 cm³/mol. The number of morpholine rings is 1. The molecule has 1 heterocycles. The summed E-state index contributed by atoms with van der Waals surface area (Å²) in [4.78, 5) is 2.30. The maximum Gasteiger partial charge on any atom is 0.0669 e. The molecule has 1 saturated heterocycles. The monoisotopic (exact) mass is 280 g/mol. The molecule has 0 unspecified atom stereocenters. The van der Waals surface area contributed by atoms with E-state index in [0.717, 1.165) is 36.3 Å². The van der Waals surface area contributed by atoms with Crippen LogP contribution in [0.1, 0.15) is 5.56 Å². The van der Waals surface area contributed by atoms with Crippen LogP contribution >= 0.6 is 15.9 Å². The third-order valence-electron chi connectivity index (χ3n) is 2.65. The number of benzene rings is 1. The van der Waals surface area contributed by atoms with E-state index in [2.05, 4.69) is 33.0 Å². The summed E-state index contributed by atoms with van der Waals surface area (Å²) < 4.78 is 6.38. The molecule has 16 heavy (non-hydrogen) atoms. The summed E-state index contributed by atoms with van der Waals surface area (Å²) in [7, 11) is 0. The molecule has 0 radical (unpaired) electrons. The number of rotatable bonds is 2. The van der Waals surface area contributed by atoms with Gasteiger partial charge in [0, 0.05) is 17.6 Å². The Morgan fingerprint density at radius 1 is 1.38 bits per heavy atom. The second-order valence-electron chi connectivity index (χ2n) is 3.72. The minimum atomic E-state index is 0.460. The molecule has 0 saturated carbocycles. The highest BCUT2D eigenvalue weighted by Crippen LogP contribution is 2.28. The smallest absolute Gasteiger partial charge is 0.0669 e. The van der Waals surface area contributed by atoms with Crippen LogP contribution in [0.4, 0.5) is 5.69 Å². The summed E-state index contributed by atoms with van der Waals surface area (Å²) >= 11 is 3.56. The summed E-state index contributed by atoms with van der Waals surface area (Å²) in [5.74, 6) is 0. The molecule has 84 valence electrons. The Kier molecular flexibility index (Phi) is 3.81. The van der Waals surface area contributed by atoms with Crippen LogP contribution in [-0.4, -0.2) is 26.3 Å². The fourth-order valence-electron chi connectivity index (χ4n) is 1.81. The molecular weight excluding hydrogens is 268 g/mol. The second kappa shape index (κ2) is 5.33. The first-order valence-corrected chi connectivity index (χ1v) is 6.08. The topological polar surface area (TPSA) is 36.3 Å². The Balaban J connectivity index is 2.18. The normalized spacial score (nSPS) is 15.9. The van der Waals surface area contributed by atoms with E-state index in [9.17, 15) is 0 Å². The molecule has 3 nitrogen and oxygen atoms in total. The van der Waals surface area contributed by atoms with Gasteiger partial charge in [-0.1, -0.05) is 6.07 Å². The van der Waals surface area contributed by atoms with Crippen molar-refractivity contribution in [3.63, 3.8) is 0 Å². The highest BCUT2D eigenvalue weighted by molar-refractivity contribution is 9.10. The molecule has 0 bridgehead atoms. The fraction of sp³-hybridized carbons (Fsp3) is 0.417. The molecule has 2 rings (SSSR count). The maximum atomic E-state index is 8.64. The van der Waals surface area contributed by atoms with Gasteiger partial charge in [-0.3, -0.25) is 0 Å². The van der Waals surface area contributed by atoms with Crippen LogP contribution in [0, 0.1) is 11.3 Å². The average Bonchev–Trinajstić information content (AvgIpc) is 2.31. The Labute approximate surface area is 104 Å². The van der Waals surface area contributed by atoms with Gasteiger partial charge in [0.2, 0.25) is 0 Å². The molecule has 1 aromatic rings. The molecule has 0 aromatic heterocycles. The van der Waals surface area contributed by atoms with Crippen LogP contribution in [0.2, 0.25) is 0 Å². The van der Waals surface area contributed by atoms with Gasteiger partial charge in [0.1, 0.15) is 0 Å². The van der Waals surface area contributed by atoms with E-state index in [-0.39, 0.29) is 0 Å². The molecule has 4 heteroatoms. The van der Waals surface area contributed by atoms with E-state index >= 15 is 0 Å². The van der Waals surface area contributed by atoms with Crippen molar-refractivity contribution in [2.75, 3.05) is 31.2 Å². The van der Waals surface area contributed by atoms with Gasteiger partial charge in [0.25, 0.3) is 0 Å². The predicted octanol–water partition coefficient (Wildman–Crippen LogP) is 2.35. The van der Waals surface area contributed by atoms with Gasteiger partial charge in [0.15, 0.2) is 0 Å². The number of ether oxygens (including phenoxy) is 1. The minimum Gasteiger partial charge on any atom is -0.378 e. The highest BCUT2D eigenvalue weighted by atomic mass is 79.9. The molecule has 1 aromatic carbocycles. The van der Waals surface area contributed by atoms with Crippen LogP contribution in [0.25, 0.3) is 0 Å². The number of anilines is 1. The second-order valence-corrected chi connectivity index (χ2v) is 4.57. The molecule has 0 amide bonds. The molecule has 1 aliphatic rings. The van der Waals surface area contributed by atoms with Gasteiger partial charge >= 0.3 is 0 Å². The zero-order chi connectivity index (χ0) is 11.4. The van der Waals surface area contributed by atoms with E-state index in [1.807, 2.05) is 12.1 Å². The van der Waals surface area contributed by atoms with E-state index in [1.54, 1.807) is 0 Å². The first kappa shape index (κ1) is 11.4. The number of hydrogen-bond donors (Lipinski definition) is 0. The lowest BCUT2D eigenvalue weighted by Gasteiger charge is -2.29. The van der Waals surface area contributed by atoms with Crippen molar-refractivity contribution < 1.29 is 4.74 Å². The van der Waals surface area contributed by atoms with Crippen LogP contribution in [-0.2, 0) is 11.2 Å². The summed E-state index contributed by atoms with van der Waals surface area (Å²) in [5.41, 5.74) is 2.23. The van der Waals surface area contributed by atoms with Crippen molar-refractivity contribution >= 4 is 21.6 Å². The lowest BCUT2D eigenvalue weighted by Crippen LogP contribution is -2.36. The molecule has 1 fully saturated rings. The lowest BCUT2D eigenvalue weighted by atomic mass is 10.1. The highest BCUT2D eigenvalue weighted by Gasteiger charge is 2.13. The Morgan fingerprint density at radius 3 is 2.75 bits per heavy atom. The number of hydrogen-bond acceptors (Lipinski definition) is 3. The van der Waals surface area contributed by atoms with Gasteiger partial charge in [0.05, 0.1) is 31.4 Å². The largest absolute Gasteiger partial charge is 0.378 e.